The van der Waals surface area contributed by atoms with Gasteiger partial charge in [0.15, 0.2) is 0 Å². The van der Waals surface area contributed by atoms with E-state index in [0.29, 0.717) is 24.5 Å². The summed E-state index contributed by atoms with van der Waals surface area (Å²) in [6, 6.07) is 11.6. The second-order valence-electron chi connectivity index (χ2n) is 6.25. The van der Waals surface area contributed by atoms with Crippen LogP contribution in [0.5, 0.6) is 0 Å². The Bertz CT molecular complexity index is 934. The van der Waals surface area contributed by atoms with Gasteiger partial charge in [0.1, 0.15) is 5.82 Å². The second-order valence-corrected chi connectivity index (χ2v) is 6.25. The van der Waals surface area contributed by atoms with Crippen LogP contribution in [-0.4, -0.2) is 28.3 Å². The lowest BCUT2D eigenvalue weighted by Gasteiger charge is -2.25. The molecule has 0 saturated carbocycles. The number of benzene rings is 1. The minimum atomic E-state index is 0.0448. The van der Waals surface area contributed by atoms with Crippen molar-refractivity contribution in [3.05, 3.63) is 58.8 Å². The average molecular weight is 321 g/mol. The molecule has 1 aliphatic rings. The summed E-state index contributed by atoms with van der Waals surface area (Å²) in [5.41, 5.74) is 2.66. The zero-order chi connectivity index (χ0) is 16.5. The smallest absolute Gasteiger partial charge is 0.261 e. The van der Waals surface area contributed by atoms with Crippen molar-refractivity contribution in [2.45, 2.75) is 19.4 Å². The Hall–Kier alpha value is -2.53. The van der Waals surface area contributed by atoms with Gasteiger partial charge in [-0.25, -0.2) is 4.98 Å². The molecule has 0 amide bonds. The Morgan fingerprint density at radius 1 is 1.29 bits per heavy atom. The highest BCUT2D eigenvalue weighted by atomic mass is 16.5. The van der Waals surface area contributed by atoms with Crippen molar-refractivity contribution < 1.29 is 4.74 Å². The van der Waals surface area contributed by atoms with E-state index in [-0.39, 0.29) is 5.56 Å². The van der Waals surface area contributed by atoms with Crippen molar-refractivity contribution in [3.8, 4) is 11.3 Å². The Morgan fingerprint density at radius 3 is 3.00 bits per heavy atom. The topological polar surface area (TPSA) is 57.0 Å². The lowest BCUT2D eigenvalue weighted by atomic mass is 9.99. The molecule has 1 aliphatic heterocycles. The number of pyridine rings is 1. The molecule has 0 fully saturated rings. The van der Waals surface area contributed by atoms with Crippen LogP contribution >= 0.6 is 0 Å². The normalized spacial score (nSPS) is 17.0. The summed E-state index contributed by atoms with van der Waals surface area (Å²) in [6.45, 7) is 1.37. The first-order valence-corrected chi connectivity index (χ1v) is 8.20. The van der Waals surface area contributed by atoms with Crippen molar-refractivity contribution in [2.75, 3.05) is 13.7 Å². The van der Waals surface area contributed by atoms with Crippen LogP contribution in [0.15, 0.2) is 47.4 Å². The summed E-state index contributed by atoms with van der Waals surface area (Å²) in [4.78, 5) is 22.0. The number of rotatable bonds is 3. The highest BCUT2D eigenvalue weighted by Gasteiger charge is 2.21. The fraction of sp³-hybridized carbons (Fsp3) is 0.316. The molecule has 1 aromatic carbocycles. The zero-order valence-corrected chi connectivity index (χ0v) is 13.6. The van der Waals surface area contributed by atoms with Crippen LogP contribution < -0.4 is 5.56 Å². The second kappa shape index (κ2) is 6.17. The average Bonchev–Trinajstić information content (AvgIpc) is 2.63. The van der Waals surface area contributed by atoms with E-state index in [1.165, 1.54) is 0 Å². The first kappa shape index (κ1) is 15.0. The number of ether oxygens (including phenoxy) is 1. The van der Waals surface area contributed by atoms with Gasteiger partial charge in [-0.3, -0.25) is 14.3 Å². The van der Waals surface area contributed by atoms with Crippen molar-refractivity contribution >= 4 is 10.9 Å². The monoisotopic (exact) mass is 321 g/mol. The molecule has 5 heteroatoms. The van der Waals surface area contributed by atoms with Crippen LogP contribution in [0.4, 0.5) is 0 Å². The first-order chi connectivity index (χ1) is 11.8. The number of hydrogen-bond donors (Lipinski definition) is 0. The van der Waals surface area contributed by atoms with Crippen LogP contribution in [0.25, 0.3) is 22.2 Å². The van der Waals surface area contributed by atoms with Gasteiger partial charge in [0.25, 0.3) is 5.56 Å². The molecular weight excluding hydrogens is 302 g/mol. The Morgan fingerprint density at radius 2 is 2.21 bits per heavy atom. The van der Waals surface area contributed by atoms with Gasteiger partial charge in [0.05, 0.1) is 23.2 Å². The van der Waals surface area contributed by atoms with E-state index >= 15 is 0 Å². The number of methoxy groups -OCH3 is 1. The van der Waals surface area contributed by atoms with Crippen LogP contribution in [-0.2, 0) is 17.7 Å². The van der Waals surface area contributed by atoms with Gasteiger partial charge in [-0.2, -0.15) is 0 Å². The molecule has 24 heavy (non-hydrogen) atoms. The molecule has 0 bridgehead atoms. The molecule has 0 aliphatic carbocycles. The van der Waals surface area contributed by atoms with Gasteiger partial charge < -0.3 is 4.74 Å². The molecule has 122 valence electrons. The van der Waals surface area contributed by atoms with Gasteiger partial charge in [-0.1, -0.05) is 12.1 Å². The van der Waals surface area contributed by atoms with E-state index in [1.807, 2.05) is 41.0 Å². The fourth-order valence-electron chi connectivity index (χ4n) is 3.39. The summed E-state index contributed by atoms with van der Waals surface area (Å²) >= 11 is 0. The van der Waals surface area contributed by atoms with E-state index in [9.17, 15) is 4.79 Å². The van der Waals surface area contributed by atoms with Crippen molar-refractivity contribution in [1.82, 2.24) is 14.5 Å². The molecule has 1 unspecified atom stereocenters. The van der Waals surface area contributed by atoms with E-state index in [1.54, 1.807) is 13.3 Å². The van der Waals surface area contributed by atoms with Gasteiger partial charge in [0, 0.05) is 37.8 Å². The predicted molar refractivity (Wildman–Crippen MR) is 92.9 cm³/mol. The van der Waals surface area contributed by atoms with Gasteiger partial charge in [0.2, 0.25) is 0 Å². The Balaban J connectivity index is 1.81. The van der Waals surface area contributed by atoms with E-state index in [4.69, 9.17) is 9.72 Å². The number of nitrogens with zero attached hydrogens (tertiary/aromatic N) is 3. The zero-order valence-electron chi connectivity index (χ0n) is 13.6. The van der Waals surface area contributed by atoms with Crippen LogP contribution in [0.1, 0.15) is 12.2 Å². The maximum atomic E-state index is 12.8. The molecule has 1 atom stereocenters. The van der Waals surface area contributed by atoms with Crippen molar-refractivity contribution in [2.24, 2.45) is 5.92 Å². The van der Waals surface area contributed by atoms with E-state index < -0.39 is 0 Å². The molecule has 2 aromatic heterocycles. The van der Waals surface area contributed by atoms with E-state index in [0.717, 1.165) is 35.4 Å². The highest BCUT2D eigenvalue weighted by Crippen LogP contribution is 2.23. The lowest BCUT2D eigenvalue weighted by Crippen LogP contribution is -2.34. The third kappa shape index (κ3) is 2.61. The van der Waals surface area contributed by atoms with E-state index in [2.05, 4.69) is 4.98 Å². The van der Waals surface area contributed by atoms with Crippen LogP contribution in [0.3, 0.4) is 0 Å². The molecule has 0 saturated heterocycles. The maximum Gasteiger partial charge on any atom is 0.261 e. The third-order valence-electron chi connectivity index (χ3n) is 4.61. The number of hydrogen-bond acceptors (Lipinski definition) is 4. The Kier molecular flexibility index (Phi) is 3.86. The van der Waals surface area contributed by atoms with Gasteiger partial charge in [-0.05, 0) is 30.7 Å². The molecule has 4 rings (SSSR count). The molecule has 5 nitrogen and oxygen atoms in total. The highest BCUT2D eigenvalue weighted by molar-refractivity contribution is 5.83. The van der Waals surface area contributed by atoms with Gasteiger partial charge >= 0.3 is 0 Å². The molecule has 0 spiro atoms. The number of aromatic nitrogens is 3. The summed E-state index contributed by atoms with van der Waals surface area (Å²) in [7, 11) is 1.70. The van der Waals surface area contributed by atoms with Crippen LogP contribution in [0.2, 0.25) is 0 Å². The largest absolute Gasteiger partial charge is 0.384 e. The van der Waals surface area contributed by atoms with Crippen molar-refractivity contribution in [1.29, 1.82) is 0 Å². The molecular formula is C19H19N3O2. The van der Waals surface area contributed by atoms with Gasteiger partial charge in [-0.15, -0.1) is 0 Å². The number of aryl methyl sites for hydroxylation is 1. The fourth-order valence-corrected chi connectivity index (χ4v) is 3.39. The Labute approximate surface area is 139 Å². The standard InChI is InChI=1S/C19H19N3O2/c1-24-12-13-5-8-18-21-17-10-14(16-4-2-3-9-20-16)6-7-15(17)19(23)22(18)11-13/h2-4,6-7,9-10,13H,5,8,11-12H2,1H3. The molecule has 3 aromatic rings. The maximum absolute atomic E-state index is 12.8. The minimum absolute atomic E-state index is 0.0448. The molecule has 0 radical (unpaired) electrons. The summed E-state index contributed by atoms with van der Waals surface area (Å²) in [5, 5.41) is 0.663. The third-order valence-corrected chi connectivity index (χ3v) is 4.61. The molecule has 3 heterocycles. The first-order valence-electron chi connectivity index (χ1n) is 8.20. The minimum Gasteiger partial charge on any atom is -0.384 e. The summed E-state index contributed by atoms with van der Waals surface area (Å²) < 4.78 is 7.06. The number of fused-ring (bicyclic) bond motifs is 2. The summed E-state index contributed by atoms with van der Waals surface area (Å²) in [6.07, 6.45) is 3.59. The van der Waals surface area contributed by atoms with Crippen molar-refractivity contribution in [3.63, 3.8) is 0 Å². The summed E-state index contributed by atoms with van der Waals surface area (Å²) in [5.74, 6) is 1.25. The SMILES string of the molecule is COCC1CCc2nc3cc(-c4ccccn4)ccc3c(=O)n2C1. The lowest BCUT2D eigenvalue weighted by molar-refractivity contribution is 0.130. The molecule has 0 N–H and O–H groups in total. The quantitative estimate of drug-likeness (QED) is 0.744. The predicted octanol–water partition coefficient (Wildman–Crippen LogP) is 2.67. The van der Waals surface area contributed by atoms with Crippen LogP contribution in [0, 0.1) is 5.92 Å².